The van der Waals surface area contributed by atoms with Crippen LogP contribution in [0.2, 0.25) is 0 Å². The molecule has 0 aromatic heterocycles. The molecule has 0 saturated heterocycles. The third-order valence-corrected chi connectivity index (χ3v) is 5.42. The van der Waals surface area contributed by atoms with Crippen molar-refractivity contribution in [1.82, 2.24) is 10.2 Å². The molecule has 3 rings (SSSR count). The van der Waals surface area contributed by atoms with Gasteiger partial charge in [-0.1, -0.05) is 30.7 Å². The van der Waals surface area contributed by atoms with Gasteiger partial charge in [0.2, 0.25) is 0 Å². The molecule has 4 nitrogen and oxygen atoms in total. The molecule has 0 spiro atoms. The van der Waals surface area contributed by atoms with Gasteiger partial charge < -0.3 is 11.1 Å². The topological polar surface area (TPSA) is 53.6 Å². The average Bonchev–Trinajstić information content (AvgIpc) is 2.51. The summed E-state index contributed by atoms with van der Waals surface area (Å²) in [6.45, 7) is 8.35. The van der Waals surface area contributed by atoms with Crippen molar-refractivity contribution < 1.29 is 0 Å². The van der Waals surface area contributed by atoms with Crippen LogP contribution in [0.15, 0.2) is 29.3 Å². The average molecular weight is 442 g/mol. The van der Waals surface area contributed by atoms with Gasteiger partial charge in [0.15, 0.2) is 5.96 Å². The van der Waals surface area contributed by atoms with Crippen molar-refractivity contribution >= 4 is 29.9 Å². The number of guanidine groups is 1. The first-order valence-electron chi connectivity index (χ1n) is 8.90. The van der Waals surface area contributed by atoms with Crippen LogP contribution in [0.5, 0.6) is 0 Å². The van der Waals surface area contributed by atoms with Crippen molar-refractivity contribution in [2.75, 3.05) is 19.6 Å². The molecule has 1 aliphatic carbocycles. The highest BCUT2D eigenvalue weighted by atomic mass is 127. The first kappa shape index (κ1) is 19.5. The summed E-state index contributed by atoms with van der Waals surface area (Å²) in [5.74, 6) is 1.40. The van der Waals surface area contributed by atoms with Gasteiger partial charge in [-0.25, -0.2) is 0 Å². The van der Waals surface area contributed by atoms with Gasteiger partial charge in [-0.2, -0.15) is 0 Å². The van der Waals surface area contributed by atoms with E-state index in [0.29, 0.717) is 5.96 Å². The minimum Gasteiger partial charge on any atom is -0.370 e. The van der Waals surface area contributed by atoms with Crippen LogP contribution >= 0.6 is 24.0 Å². The predicted octanol–water partition coefficient (Wildman–Crippen LogP) is 3.15. The molecule has 134 valence electrons. The molecule has 0 atom stereocenters. The third kappa shape index (κ3) is 4.85. The number of benzene rings is 1. The Hall–Kier alpha value is -0.820. The van der Waals surface area contributed by atoms with E-state index >= 15 is 0 Å². The second-order valence-corrected chi connectivity index (χ2v) is 7.63. The van der Waals surface area contributed by atoms with Gasteiger partial charge in [-0.05, 0) is 50.2 Å². The molecule has 0 unspecified atom stereocenters. The van der Waals surface area contributed by atoms with Gasteiger partial charge in [-0.15, -0.1) is 24.0 Å². The molecule has 0 bridgehead atoms. The summed E-state index contributed by atoms with van der Waals surface area (Å²) in [6, 6.07) is 8.77. The number of halogens is 1. The van der Waals surface area contributed by atoms with E-state index in [1.54, 1.807) is 0 Å². The van der Waals surface area contributed by atoms with Crippen molar-refractivity contribution in [1.29, 1.82) is 0 Å². The number of aliphatic imine (C=N–C) groups is 1. The molecule has 3 N–H and O–H groups in total. The molecular weight excluding hydrogens is 411 g/mol. The first-order chi connectivity index (χ1) is 11.0. The highest BCUT2D eigenvalue weighted by molar-refractivity contribution is 14.0. The van der Waals surface area contributed by atoms with Gasteiger partial charge >= 0.3 is 0 Å². The van der Waals surface area contributed by atoms with Crippen molar-refractivity contribution in [2.24, 2.45) is 16.6 Å². The van der Waals surface area contributed by atoms with E-state index in [1.807, 2.05) is 0 Å². The Kier molecular flexibility index (Phi) is 6.92. The molecule has 1 aliphatic heterocycles. The number of nitrogens with one attached hydrogen (secondary N) is 1. The van der Waals surface area contributed by atoms with Crippen LogP contribution < -0.4 is 11.1 Å². The number of fused-ring (bicyclic) bond motifs is 1. The monoisotopic (exact) mass is 442 g/mol. The summed E-state index contributed by atoms with van der Waals surface area (Å²) in [5, 5.41) is 3.28. The van der Waals surface area contributed by atoms with Crippen molar-refractivity contribution in [3.63, 3.8) is 0 Å². The highest BCUT2D eigenvalue weighted by Crippen LogP contribution is 2.26. The van der Waals surface area contributed by atoms with Crippen LogP contribution in [0.1, 0.15) is 44.2 Å². The second kappa shape index (κ2) is 8.52. The lowest BCUT2D eigenvalue weighted by molar-refractivity contribution is 0.112. The van der Waals surface area contributed by atoms with Crippen molar-refractivity contribution in [2.45, 2.75) is 51.6 Å². The van der Waals surface area contributed by atoms with E-state index in [-0.39, 0.29) is 29.5 Å². The van der Waals surface area contributed by atoms with E-state index in [0.717, 1.165) is 38.5 Å². The molecule has 2 aliphatic rings. The molecule has 1 aromatic carbocycles. The van der Waals surface area contributed by atoms with E-state index in [1.165, 1.54) is 30.4 Å². The van der Waals surface area contributed by atoms with E-state index in [2.05, 4.69) is 53.3 Å². The quantitative estimate of drug-likeness (QED) is 0.419. The SMILES string of the molecule is CC(C)(CN=C(N)NCC1CCC1)N1CCc2ccccc2C1.I. The number of rotatable bonds is 5. The summed E-state index contributed by atoms with van der Waals surface area (Å²) in [7, 11) is 0. The number of hydrogen-bond acceptors (Lipinski definition) is 2. The summed E-state index contributed by atoms with van der Waals surface area (Å²) in [4.78, 5) is 7.12. The molecule has 0 amide bonds. The van der Waals surface area contributed by atoms with Gasteiger partial charge in [0.05, 0.1) is 6.54 Å². The zero-order chi connectivity index (χ0) is 16.3. The zero-order valence-electron chi connectivity index (χ0n) is 14.9. The molecule has 0 radical (unpaired) electrons. The second-order valence-electron chi connectivity index (χ2n) is 7.63. The Bertz CT molecular complexity index is 566. The number of nitrogens with zero attached hydrogens (tertiary/aromatic N) is 2. The van der Waals surface area contributed by atoms with Crippen LogP contribution in [0.25, 0.3) is 0 Å². The molecule has 1 saturated carbocycles. The lowest BCUT2D eigenvalue weighted by Gasteiger charge is -2.40. The largest absolute Gasteiger partial charge is 0.370 e. The maximum atomic E-state index is 6.03. The van der Waals surface area contributed by atoms with E-state index < -0.39 is 0 Å². The normalized spacial score (nSPS) is 19.2. The standard InChI is InChI=1S/C19H30N4.HI/c1-19(2,14-22-18(20)21-12-15-6-5-7-15)23-11-10-16-8-3-4-9-17(16)13-23;/h3-4,8-9,15H,5-7,10-14H2,1-2H3,(H3,20,21,22);1H. The van der Waals surface area contributed by atoms with Gasteiger partial charge in [0.25, 0.3) is 0 Å². The summed E-state index contributed by atoms with van der Waals surface area (Å²) >= 11 is 0. The van der Waals surface area contributed by atoms with Crippen molar-refractivity contribution in [3.8, 4) is 0 Å². The molecule has 1 fully saturated rings. The van der Waals surface area contributed by atoms with Crippen LogP contribution in [0, 0.1) is 5.92 Å². The maximum absolute atomic E-state index is 6.03. The lowest BCUT2D eigenvalue weighted by atomic mass is 9.85. The van der Waals surface area contributed by atoms with Gasteiger partial charge in [0, 0.05) is 25.2 Å². The summed E-state index contributed by atoms with van der Waals surface area (Å²) in [5.41, 5.74) is 9.00. The number of hydrogen-bond donors (Lipinski definition) is 2. The molecule has 24 heavy (non-hydrogen) atoms. The smallest absolute Gasteiger partial charge is 0.188 e. The lowest BCUT2D eigenvalue weighted by Crippen LogP contribution is -2.49. The Morgan fingerprint density at radius 1 is 1.29 bits per heavy atom. The maximum Gasteiger partial charge on any atom is 0.188 e. The molecular formula is C19H31IN4. The van der Waals surface area contributed by atoms with Gasteiger partial charge in [-0.3, -0.25) is 9.89 Å². The van der Waals surface area contributed by atoms with Crippen LogP contribution in [0.4, 0.5) is 0 Å². The summed E-state index contributed by atoms with van der Waals surface area (Å²) in [6.07, 6.45) is 5.16. The van der Waals surface area contributed by atoms with E-state index in [4.69, 9.17) is 5.73 Å². The fourth-order valence-corrected chi connectivity index (χ4v) is 3.39. The van der Waals surface area contributed by atoms with Crippen LogP contribution in [-0.4, -0.2) is 36.0 Å². The first-order valence-corrected chi connectivity index (χ1v) is 8.90. The fourth-order valence-electron chi connectivity index (χ4n) is 3.39. The minimum atomic E-state index is 0. The molecule has 5 heteroatoms. The van der Waals surface area contributed by atoms with Crippen LogP contribution in [-0.2, 0) is 13.0 Å². The summed E-state index contributed by atoms with van der Waals surface area (Å²) < 4.78 is 0. The van der Waals surface area contributed by atoms with Crippen LogP contribution in [0.3, 0.4) is 0 Å². The number of nitrogens with two attached hydrogens (primary N) is 1. The minimum absolute atomic E-state index is 0. The Balaban J connectivity index is 0.00000208. The zero-order valence-corrected chi connectivity index (χ0v) is 17.3. The van der Waals surface area contributed by atoms with E-state index in [9.17, 15) is 0 Å². The Morgan fingerprint density at radius 3 is 2.67 bits per heavy atom. The molecule has 1 aromatic rings. The van der Waals surface area contributed by atoms with Gasteiger partial charge in [0.1, 0.15) is 0 Å². The van der Waals surface area contributed by atoms with Crippen molar-refractivity contribution in [3.05, 3.63) is 35.4 Å². The fraction of sp³-hybridized carbons (Fsp3) is 0.632. The third-order valence-electron chi connectivity index (χ3n) is 5.42. The Morgan fingerprint density at radius 2 is 2.00 bits per heavy atom. The molecule has 1 heterocycles. The Labute approximate surface area is 163 Å². The predicted molar refractivity (Wildman–Crippen MR) is 112 cm³/mol. The highest BCUT2D eigenvalue weighted by Gasteiger charge is 2.29.